The summed E-state index contributed by atoms with van der Waals surface area (Å²) >= 11 is 1.25. The molecule has 0 unspecified atom stereocenters. The molecule has 0 bridgehead atoms. The molecule has 0 fully saturated rings. The highest BCUT2D eigenvalue weighted by Gasteiger charge is 2.46. The molecule has 0 spiro atoms. The van der Waals surface area contributed by atoms with E-state index in [1.165, 1.54) is 30.4 Å². The van der Waals surface area contributed by atoms with E-state index in [0.717, 1.165) is 21.9 Å². The molecule has 3 aromatic rings. The quantitative estimate of drug-likeness (QED) is 0.532. The number of amides is 2. The molecule has 1 aromatic heterocycles. The van der Waals surface area contributed by atoms with Crippen LogP contribution in [0.3, 0.4) is 0 Å². The number of nitrogens with zero attached hydrogens (tertiary/aromatic N) is 2. The van der Waals surface area contributed by atoms with E-state index in [2.05, 4.69) is 10.3 Å². The van der Waals surface area contributed by atoms with E-state index >= 15 is 8.78 Å². The Kier molecular flexibility index (Phi) is 6.30. The Morgan fingerprint density at radius 2 is 1.79 bits per heavy atom. The molecule has 6 nitrogen and oxygen atoms in total. The van der Waals surface area contributed by atoms with Gasteiger partial charge < -0.3 is 16.0 Å². The van der Waals surface area contributed by atoms with Crippen molar-refractivity contribution in [1.82, 2.24) is 9.88 Å². The van der Waals surface area contributed by atoms with Crippen molar-refractivity contribution >= 4 is 34.0 Å². The molecule has 3 N–H and O–H groups in total. The number of halogens is 4. The maximum atomic E-state index is 15.2. The molecule has 2 heterocycles. The fourth-order valence-corrected chi connectivity index (χ4v) is 4.60. The smallest absolute Gasteiger partial charge is 0.352 e. The van der Waals surface area contributed by atoms with Crippen LogP contribution in [0.2, 0.25) is 0 Å². The standard InChI is InChI=1S/C23H20F4N4O2S/c1-12-10-14(3-5-16(12)24)29-20(32)13-2-4-17(25)15(11-13)23(26,27)21(33)31-8-6-18-19(7-9-31)34-22(28)30-18/h2-5,10-11H,6-9H2,1H3,(H2,28,30)(H,29,32). The number of hydrogen-bond acceptors (Lipinski definition) is 5. The second kappa shape index (κ2) is 9.05. The third-order valence-corrected chi connectivity index (χ3v) is 6.55. The van der Waals surface area contributed by atoms with Crippen LogP contribution >= 0.6 is 11.3 Å². The summed E-state index contributed by atoms with van der Waals surface area (Å²) in [6, 6.07) is 6.24. The van der Waals surface area contributed by atoms with Crippen molar-refractivity contribution in [3.05, 3.63) is 75.3 Å². The highest BCUT2D eigenvalue weighted by molar-refractivity contribution is 7.15. The molecule has 0 saturated carbocycles. The highest BCUT2D eigenvalue weighted by atomic mass is 32.1. The molecule has 0 saturated heterocycles. The monoisotopic (exact) mass is 492 g/mol. The normalized spacial score (nSPS) is 13.9. The van der Waals surface area contributed by atoms with E-state index in [1.807, 2.05) is 0 Å². The number of thiazole rings is 1. The Bertz CT molecular complexity index is 1250. The number of nitrogen functional groups attached to an aromatic ring is 1. The maximum Gasteiger partial charge on any atom is 0.352 e. The van der Waals surface area contributed by atoms with Crippen LogP contribution in [0, 0.1) is 18.6 Å². The third kappa shape index (κ3) is 4.60. The fraction of sp³-hybridized carbons (Fsp3) is 0.261. The number of hydrogen-bond donors (Lipinski definition) is 2. The van der Waals surface area contributed by atoms with Crippen LogP contribution in [0.4, 0.5) is 28.4 Å². The van der Waals surface area contributed by atoms with Crippen molar-refractivity contribution in [1.29, 1.82) is 0 Å². The molecule has 2 aromatic carbocycles. The molecule has 0 aliphatic carbocycles. The number of aromatic nitrogens is 1. The Balaban J connectivity index is 1.54. The summed E-state index contributed by atoms with van der Waals surface area (Å²) in [5, 5.41) is 2.83. The minimum Gasteiger partial charge on any atom is -0.375 e. The number of nitrogens with one attached hydrogen (secondary N) is 1. The average Bonchev–Trinajstić information content (AvgIpc) is 3.04. The zero-order chi connectivity index (χ0) is 24.6. The number of nitrogens with two attached hydrogens (primary N) is 1. The van der Waals surface area contributed by atoms with Crippen LogP contribution in [-0.2, 0) is 23.6 Å². The van der Waals surface area contributed by atoms with E-state index in [1.54, 1.807) is 0 Å². The first-order chi connectivity index (χ1) is 16.1. The van der Waals surface area contributed by atoms with Crippen LogP contribution in [-0.4, -0.2) is 34.8 Å². The SMILES string of the molecule is Cc1cc(NC(=O)c2ccc(F)c(C(F)(F)C(=O)N3CCc4nc(N)sc4CC3)c2)ccc1F. The zero-order valence-corrected chi connectivity index (χ0v) is 18.8. The van der Waals surface area contributed by atoms with E-state index in [-0.39, 0.29) is 36.3 Å². The van der Waals surface area contributed by atoms with Gasteiger partial charge in [-0.3, -0.25) is 9.59 Å². The molecule has 4 rings (SSSR count). The maximum absolute atomic E-state index is 15.2. The van der Waals surface area contributed by atoms with Crippen molar-refractivity contribution in [2.24, 2.45) is 0 Å². The number of aryl methyl sites for hydroxylation is 1. The Labute approximate surface area is 196 Å². The molecule has 1 aliphatic rings. The lowest BCUT2D eigenvalue weighted by Gasteiger charge is -2.26. The number of benzene rings is 2. The lowest BCUT2D eigenvalue weighted by molar-refractivity contribution is -0.159. The third-order valence-electron chi connectivity index (χ3n) is 5.56. The summed E-state index contributed by atoms with van der Waals surface area (Å²) in [5.74, 6) is -8.34. The van der Waals surface area contributed by atoms with Gasteiger partial charge in [-0.2, -0.15) is 8.78 Å². The summed E-state index contributed by atoms with van der Waals surface area (Å²) in [4.78, 5) is 31.3. The van der Waals surface area contributed by atoms with Crippen LogP contribution in [0.5, 0.6) is 0 Å². The topological polar surface area (TPSA) is 88.3 Å². The van der Waals surface area contributed by atoms with Gasteiger partial charge in [0.15, 0.2) is 5.13 Å². The molecule has 0 radical (unpaired) electrons. The van der Waals surface area contributed by atoms with Crippen LogP contribution < -0.4 is 11.1 Å². The summed E-state index contributed by atoms with van der Waals surface area (Å²) < 4.78 is 58.2. The first-order valence-corrected chi connectivity index (χ1v) is 11.2. The van der Waals surface area contributed by atoms with Crippen LogP contribution in [0.25, 0.3) is 0 Å². The number of fused-ring (bicyclic) bond motifs is 1. The van der Waals surface area contributed by atoms with Crippen LogP contribution in [0.15, 0.2) is 36.4 Å². The number of carbonyl (C=O) groups excluding carboxylic acids is 2. The van der Waals surface area contributed by atoms with Gasteiger partial charge in [0, 0.05) is 42.1 Å². The largest absolute Gasteiger partial charge is 0.375 e. The Morgan fingerprint density at radius 1 is 1.09 bits per heavy atom. The van der Waals surface area contributed by atoms with E-state index in [0.29, 0.717) is 29.4 Å². The molecule has 1 aliphatic heterocycles. The molecule has 2 amide bonds. The summed E-state index contributed by atoms with van der Waals surface area (Å²) in [6.45, 7) is 1.49. The second-order valence-corrected chi connectivity index (χ2v) is 9.02. The first kappa shape index (κ1) is 23.7. The number of rotatable bonds is 4. The summed E-state index contributed by atoms with van der Waals surface area (Å²) in [7, 11) is 0. The molecular weight excluding hydrogens is 472 g/mol. The van der Waals surface area contributed by atoms with E-state index in [4.69, 9.17) is 5.73 Å². The van der Waals surface area contributed by atoms with Gasteiger partial charge in [-0.05, 0) is 48.9 Å². The van der Waals surface area contributed by atoms with Crippen molar-refractivity contribution in [2.75, 3.05) is 24.1 Å². The van der Waals surface area contributed by atoms with E-state index in [9.17, 15) is 18.4 Å². The molecular formula is C23H20F4N4O2S. The zero-order valence-electron chi connectivity index (χ0n) is 18.0. The predicted octanol–water partition coefficient (Wildman–Crippen LogP) is 4.28. The van der Waals surface area contributed by atoms with Crippen molar-refractivity contribution in [3.63, 3.8) is 0 Å². The lowest BCUT2D eigenvalue weighted by Crippen LogP contribution is -2.43. The number of anilines is 2. The van der Waals surface area contributed by atoms with Crippen molar-refractivity contribution in [3.8, 4) is 0 Å². The molecule has 0 atom stereocenters. The van der Waals surface area contributed by atoms with Crippen LogP contribution in [0.1, 0.15) is 32.1 Å². The minimum atomic E-state index is -4.20. The average molecular weight is 492 g/mol. The fourth-order valence-electron chi connectivity index (χ4n) is 3.73. The van der Waals surface area contributed by atoms with Crippen molar-refractivity contribution < 1.29 is 27.2 Å². The van der Waals surface area contributed by atoms with Crippen molar-refractivity contribution in [2.45, 2.75) is 25.7 Å². The number of alkyl halides is 2. The second-order valence-electron chi connectivity index (χ2n) is 7.90. The summed E-state index contributed by atoms with van der Waals surface area (Å²) in [6.07, 6.45) is 0.570. The molecule has 11 heteroatoms. The van der Waals surface area contributed by atoms with Gasteiger partial charge in [0.2, 0.25) is 0 Å². The van der Waals surface area contributed by atoms with Gasteiger partial charge in [0.25, 0.3) is 11.8 Å². The van der Waals surface area contributed by atoms with Gasteiger partial charge in [-0.25, -0.2) is 13.8 Å². The molecule has 178 valence electrons. The first-order valence-electron chi connectivity index (χ1n) is 10.3. The van der Waals surface area contributed by atoms with Gasteiger partial charge >= 0.3 is 5.92 Å². The lowest BCUT2D eigenvalue weighted by atomic mass is 10.0. The Hall–Kier alpha value is -3.47. The summed E-state index contributed by atoms with van der Waals surface area (Å²) in [5.41, 5.74) is 5.40. The van der Waals surface area contributed by atoms with Gasteiger partial charge in [-0.1, -0.05) is 0 Å². The van der Waals surface area contributed by atoms with E-state index < -0.39 is 34.9 Å². The number of carbonyl (C=O) groups is 2. The van der Waals surface area contributed by atoms with Gasteiger partial charge in [-0.15, -0.1) is 11.3 Å². The van der Waals surface area contributed by atoms with Gasteiger partial charge in [0.1, 0.15) is 11.6 Å². The minimum absolute atomic E-state index is 0.00870. The highest BCUT2D eigenvalue weighted by Crippen LogP contribution is 2.34. The predicted molar refractivity (Wildman–Crippen MR) is 120 cm³/mol. The molecule has 34 heavy (non-hydrogen) atoms. The Morgan fingerprint density at radius 3 is 2.53 bits per heavy atom. The van der Waals surface area contributed by atoms with Gasteiger partial charge in [0.05, 0.1) is 11.3 Å².